The van der Waals surface area contributed by atoms with Gasteiger partial charge in [0, 0.05) is 18.5 Å². The Morgan fingerprint density at radius 3 is 1.21 bits per heavy atom. The van der Waals surface area contributed by atoms with Gasteiger partial charge in [-0.1, -0.05) is 243 Å². The van der Waals surface area contributed by atoms with Crippen LogP contribution in [-0.2, 0) is 115 Å². The van der Waals surface area contributed by atoms with Crippen molar-refractivity contribution >= 4 is 11.9 Å². The van der Waals surface area contributed by atoms with Crippen molar-refractivity contribution in [3.05, 3.63) is 287 Å². The van der Waals surface area contributed by atoms with Crippen LogP contribution in [0.1, 0.15) is 63.8 Å². The Labute approximate surface area is 600 Å². The van der Waals surface area contributed by atoms with Crippen molar-refractivity contribution in [2.24, 2.45) is 28.9 Å². The molecule has 0 unspecified atom stereocenters. The molecule has 3 aliphatic rings. The maximum atomic E-state index is 15.2. The van der Waals surface area contributed by atoms with Gasteiger partial charge < -0.3 is 85.5 Å². The SMILES string of the molecule is NCC[C@H](OCc1ccccc1)C(=O)N[C@@H]1C[C@H](N)[C@@H](C[C@H]2O[C@H](CN)[C@@H](OCc3ccccc3)[C@H](OCc3ccccc3)[C@H]2OCc2ccccc2)[C@H](OCc2ccccc2)[C@H]1O[C@H]1O[C@H](COCc2ccccc2)[C@@H](OCc2ccccc2)[C@H](N)[C@H]1OCc1ccccc1.O=C(O)C(F)(F)F. The van der Waals surface area contributed by atoms with E-state index in [4.69, 9.17) is 84.9 Å². The number of carbonyl (C=O) groups excluding carboxylic acids is 1. The van der Waals surface area contributed by atoms with Crippen LogP contribution in [-0.4, -0.2) is 134 Å². The van der Waals surface area contributed by atoms with Crippen molar-refractivity contribution in [3.8, 4) is 0 Å². The Balaban J connectivity index is 0.00000155. The first kappa shape index (κ1) is 77.5. The molecule has 0 radical (unpaired) electrons. The highest BCUT2D eigenvalue weighted by molar-refractivity contribution is 5.81. The minimum Gasteiger partial charge on any atom is -0.475 e. The zero-order valence-electron chi connectivity index (χ0n) is 57.4. The number of carbonyl (C=O) groups is 2. The summed E-state index contributed by atoms with van der Waals surface area (Å²) in [5.41, 5.74) is 36.0. The first-order valence-corrected chi connectivity index (χ1v) is 34.9. The molecule has 1 saturated carbocycles. The minimum atomic E-state index is -5.08. The molecule has 103 heavy (non-hydrogen) atoms. The third kappa shape index (κ3) is 23.4. The van der Waals surface area contributed by atoms with Gasteiger partial charge in [0.05, 0.1) is 89.9 Å². The Kier molecular flexibility index (Phi) is 30.3. The third-order valence-corrected chi connectivity index (χ3v) is 18.4. The molecule has 0 aromatic heterocycles. The molecule has 3 fully saturated rings. The zero-order valence-corrected chi connectivity index (χ0v) is 57.4. The van der Waals surface area contributed by atoms with Crippen LogP contribution in [0.15, 0.2) is 243 Å². The van der Waals surface area contributed by atoms with E-state index in [0.717, 1.165) is 44.5 Å². The largest absolute Gasteiger partial charge is 0.490 e. The van der Waals surface area contributed by atoms with E-state index in [1.807, 2.05) is 243 Å². The summed E-state index contributed by atoms with van der Waals surface area (Å²) in [5, 5.41) is 10.5. The second-order valence-electron chi connectivity index (χ2n) is 25.8. The van der Waals surface area contributed by atoms with Gasteiger partial charge in [0.15, 0.2) is 6.29 Å². The highest BCUT2D eigenvalue weighted by Crippen LogP contribution is 2.41. The summed E-state index contributed by atoms with van der Waals surface area (Å²) in [5.74, 6) is -3.72. The van der Waals surface area contributed by atoms with Crippen LogP contribution < -0.4 is 28.3 Å². The number of aliphatic carboxylic acids is 1. The van der Waals surface area contributed by atoms with E-state index in [1.54, 1.807) is 0 Å². The Hall–Kier alpha value is -8.11. The number of halogens is 3. The molecule has 0 spiro atoms. The van der Waals surface area contributed by atoms with Crippen molar-refractivity contribution < 1.29 is 80.0 Å². The molecule has 2 saturated heterocycles. The molecule has 22 heteroatoms. The number of carboxylic acids is 1. The van der Waals surface area contributed by atoms with Crippen molar-refractivity contribution in [2.45, 2.75) is 170 Å². The van der Waals surface area contributed by atoms with E-state index in [2.05, 4.69) is 5.32 Å². The fourth-order valence-corrected chi connectivity index (χ4v) is 13.1. The number of alkyl halides is 3. The quantitative estimate of drug-likeness (QED) is 0.0219. The summed E-state index contributed by atoms with van der Waals surface area (Å²) in [6.07, 6.45) is -14.5. The second-order valence-corrected chi connectivity index (χ2v) is 25.8. The number of nitrogens with one attached hydrogen (secondary N) is 1. The minimum absolute atomic E-state index is 0.0777. The monoisotopic (exact) mass is 1420 g/mol. The van der Waals surface area contributed by atoms with Crippen LogP contribution in [0.2, 0.25) is 0 Å². The summed E-state index contributed by atoms with van der Waals surface area (Å²) in [6, 6.07) is 77.1. The summed E-state index contributed by atoms with van der Waals surface area (Å²) >= 11 is 0. The zero-order chi connectivity index (χ0) is 72.2. The molecular weight excluding hydrogens is 1320 g/mol. The molecule has 548 valence electrons. The van der Waals surface area contributed by atoms with Crippen molar-refractivity contribution in [2.75, 3.05) is 19.7 Å². The first-order valence-electron chi connectivity index (χ1n) is 34.9. The lowest BCUT2D eigenvalue weighted by molar-refractivity contribution is -0.322. The summed E-state index contributed by atoms with van der Waals surface area (Å²) in [7, 11) is 0. The molecule has 0 bridgehead atoms. The van der Waals surface area contributed by atoms with Crippen LogP contribution in [0, 0.1) is 5.92 Å². The third-order valence-electron chi connectivity index (χ3n) is 18.4. The van der Waals surface area contributed by atoms with Gasteiger partial charge in [-0.25, -0.2) is 4.79 Å². The van der Waals surface area contributed by atoms with Gasteiger partial charge in [-0.3, -0.25) is 4.79 Å². The fourth-order valence-electron chi connectivity index (χ4n) is 13.1. The van der Waals surface area contributed by atoms with Gasteiger partial charge in [-0.05, 0) is 70.3 Å². The number of hydrogen-bond donors (Lipinski definition) is 6. The normalized spacial score (nSPS) is 25.2. The topological polar surface area (TPSA) is 272 Å². The lowest BCUT2D eigenvalue weighted by atomic mass is 9.73. The van der Waals surface area contributed by atoms with Gasteiger partial charge in [-0.15, -0.1) is 0 Å². The maximum Gasteiger partial charge on any atom is 0.490 e. The molecule has 11 rings (SSSR count). The number of nitrogens with two attached hydrogens (primary N) is 4. The Morgan fingerprint density at radius 2 is 0.816 bits per heavy atom. The summed E-state index contributed by atoms with van der Waals surface area (Å²) in [6.45, 7) is 2.12. The Bertz CT molecular complexity index is 3690. The molecule has 8 aromatic carbocycles. The summed E-state index contributed by atoms with van der Waals surface area (Å²) in [4.78, 5) is 24.1. The lowest BCUT2D eigenvalue weighted by Gasteiger charge is -2.52. The molecule has 8 aromatic rings. The van der Waals surface area contributed by atoms with Crippen molar-refractivity contribution in [3.63, 3.8) is 0 Å². The van der Waals surface area contributed by atoms with E-state index in [-0.39, 0.29) is 85.2 Å². The first-order chi connectivity index (χ1) is 50.2. The van der Waals surface area contributed by atoms with Crippen LogP contribution in [0.4, 0.5) is 13.2 Å². The number of rotatable bonds is 34. The van der Waals surface area contributed by atoms with Gasteiger partial charge >= 0.3 is 12.1 Å². The molecule has 16 atom stereocenters. The molecule has 19 nitrogen and oxygen atoms in total. The molecule has 1 aliphatic carbocycles. The number of carboxylic acid groups (broad SMARTS) is 1. The van der Waals surface area contributed by atoms with Crippen LogP contribution in [0.3, 0.4) is 0 Å². The van der Waals surface area contributed by atoms with Gasteiger partial charge in [0.25, 0.3) is 0 Å². The molecule has 10 N–H and O–H groups in total. The van der Waals surface area contributed by atoms with Gasteiger partial charge in [-0.2, -0.15) is 13.2 Å². The number of benzene rings is 8. The molecular formula is C81H94F3N5O14. The van der Waals surface area contributed by atoms with Gasteiger partial charge in [0.1, 0.15) is 48.8 Å². The lowest BCUT2D eigenvalue weighted by Crippen LogP contribution is -2.68. The molecule has 1 amide bonds. The van der Waals surface area contributed by atoms with E-state index in [9.17, 15) is 13.2 Å². The fraction of sp³-hybridized carbons (Fsp3) is 0.383. The predicted molar refractivity (Wildman–Crippen MR) is 380 cm³/mol. The standard InChI is InChI=1S/C79H93N5O12.C2HF3O2/c80-42-41-66(87-47-56-27-11-2-12-28-56)78(85)84-65-44-64(82)63(43-67-74(90-50-59-33-17-5-18-34-59)77(93-53-62-39-23-8-24-40-62)75(68(45-81)94-67)91-51-60-35-19-6-20-36-60)71(88-48-57-29-13-3-14-30-57)72(65)96-79-76(92-52-61-37-21-7-22-38-61)70(83)73(89-49-58-31-15-4-16-32-58)69(95-79)54-86-46-55-25-9-1-10-26-55;3-2(4,5)1(6)7/h1-40,63-77,79H,41-54,80-83H2,(H,84,85);(H,6,7)/t63-,64+,65-,66+,67-,68-,69-,70+,71+,72+,73-,74+,75-,76-,77-,79-;/m1./s1. The van der Waals surface area contributed by atoms with Crippen LogP contribution >= 0.6 is 0 Å². The highest BCUT2D eigenvalue weighted by Gasteiger charge is 2.55. The Morgan fingerprint density at radius 1 is 0.456 bits per heavy atom. The number of hydrogen-bond acceptors (Lipinski definition) is 17. The van der Waals surface area contributed by atoms with E-state index in [0.29, 0.717) is 6.61 Å². The van der Waals surface area contributed by atoms with E-state index in [1.165, 1.54) is 0 Å². The van der Waals surface area contributed by atoms with Crippen molar-refractivity contribution in [1.29, 1.82) is 0 Å². The predicted octanol–water partition coefficient (Wildman–Crippen LogP) is 10.7. The average molecular weight is 1420 g/mol. The van der Waals surface area contributed by atoms with E-state index >= 15 is 4.79 Å². The van der Waals surface area contributed by atoms with E-state index < -0.39 is 116 Å². The smallest absolute Gasteiger partial charge is 0.475 e. The number of amides is 1. The second kappa shape index (κ2) is 40.2. The maximum absolute atomic E-state index is 15.2. The average Bonchev–Trinajstić information content (AvgIpc) is 0.767. The van der Waals surface area contributed by atoms with Crippen LogP contribution in [0.25, 0.3) is 0 Å². The van der Waals surface area contributed by atoms with Crippen LogP contribution in [0.5, 0.6) is 0 Å². The molecule has 2 aliphatic heterocycles. The highest BCUT2D eigenvalue weighted by atomic mass is 19.4. The van der Waals surface area contributed by atoms with Gasteiger partial charge in [0.2, 0.25) is 5.91 Å². The summed E-state index contributed by atoms with van der Waals surface area (Å²) < 4.78 is 110. The van der Waals surface area contributed by atoms with Crippen molar-refractivity contribution in [1.82, 2.24) is 5.32 Å². The number of ether oxygens (including phenoxy) is 11. The molecule has 2 heterocycles.